The second-order valence-electron chi connectivity index (χ2n) is 7.47. The highest BCUT2D eigenvalue weighted by Gasteiger charge is 2.32. The normalized spacial score (nSPS) is 15.4. The van der Waals surface area contributed by atoms with Crippen molar-refractivity contribution in [3.8, 4) is 11.5 Å². The average Bonchev–Trinajstić information content (AvgIpc) is 2.80. The summed E-state index contributed by atoms with van der Waals surface area (Å²) in [6.07, 6.45) is 1.77. The maximum atomic E-state index is 12.9. The number of rotatable bonds is 9. The minimum atomic E-state index is -3.57. The van der Waals surface area contributed by atoms with E-state index >= 15 is 0 Å². The predicted octanol–water partition coefficient (Wildman–Crippen LogP) is 2.85. The Balaban J connectivity index is 1.47. The number of carbonyl (C=O) groups is 1. The number of benzene rings is 2. The molecule has 0 unspecified atom stereocenters. The molecule has 0 spiro atoms. The van der Waals surface area contributed by atoms with E-state index < -0.39 is 10.0 Å². The van der Waals surface area contributed by atoms with Crippen molar-refractivity contribution in [3.63, 3.8) is 0 Å². The Bertz CT molecular complexity index is 950. The van der Waals surface area contributed by atoms with Crippen LogP contribution in [-0.4, -0.2) is 52.0 Å². The van der Waals surface area contributed by atoms with Crippen LogP contribution in [0.5, 0.6) is 11.5 Å². The lowest BCUT2D eigenvalue weighted by atomic mass is 9.97. The molecule has 0 radical (unpaired) electrons. The van der Waals surface area contributed by atoms with Gasteiger partial charge in [0, 0.05) is 25.6 Å². The quantitative estimate of drug-likeness (QED) is 0.640. The van der Waals surface area contributed by atoms with Crippen LogP contribution < -0.4 is 14.8 Å². The Morgan fingerprint density at radius 3 is 2.23 bits per heavy atom. The highest BCUT2D eigenvalue weighted by Crippen LogP contribution is 2.25. The zero-order valence-electron chi connectivity index (χ0n) is 18.0. The van der Waals surface area contributed by atoms with Gasteiger partial charge in [-0.1, -0.05) is 12.1 Å². The van der Waals surface area contributed by atoms with Gasteiger partial charge in [-0.2, -0.15) is 4.31 Å². The van der Waals surface area contributed by atoms with Gasteiger partial charge in [0.05, 0.1) is 18.6 Å². The number of amides is 1. The van der Waals surface area contributed by atoms with Gasteiger partial charge < -0.3 is 14.8 Å². The van der Waals surface area contributed by atoms with Crippen molar-refractivity contribution in [2.75, 3.05) is 33.4 Å². The van der Waals surface area contributed by atoms with E-state index in [1.807, 2.05) is 31.2 Å². The molecule has 2 aromatic carbocycles. The smallest absolute Gasteiger partial charge is 0.243 e. The number of nitrogens with zero attached hydrogens (tertiary/aromatic N) is 1. The van der Waals surface area contributed by atoms with Crippen molar-refractivity contribution in [3.05, 3.63) is 54.1 Å². The van der Waals surface area contributed by atoms with Gasteiger partial charge in [0.1, 0.15) is 11.5 Å². The molecule has 1 fully saturated rings. The fourth-order valence-electron chi connectivity index (χ4n) is 3.65. The molecular formula is C23H30N2O5S. The summed E-state index contributed by atoms with van der Waals surface area (Å²) in [5.74, 6) is 1.28. The molecule has 1 amide bonds. The zero-order valence-corrected chi connectivity index (χ0v) is 18.9. The van der Waals surface area contributed by atoms with Gasteiger partial charge in [-0.05, 0) is 68.1 Å². The zero-order chi connectivity index (χ0) is 22.3. The Morgan fingerprint density at radius 2 is 1.65 bits per heavy atom. The molecule has 1 heterocycles. The first kappa shape index (κ1) is 23.1. The summed E-state index contributed by atoms with van der Waals surface area (Å²) in [4.78, 5) is 12.7. The van der Waals surface area contributed by atoms with Crippen molar-refractivity contribution < 1.29 is 22.7 Å². The first-order valence-electron chi connectivity index (χ1n) is 10.6. The van der Waals surface area contributed by atoms with Crippen LogP contribution in [0.1, 0.15) is 25.3 Å². The number of hydrogen-bond acceptors (Lipinski definition) is 5. The first-order valence-corrected chi connectivity index (χ1v) is 12.0. The largest absolute Gasteiger partial charge is 0.497 e. The molecule has 0 aromatic heterocycles. The molecule has 0 atom stereocenters. The summed E-state index contributed by atoms with van der Waals surface area (Å²) >= 11 is 0. The van der Waals surface area contributed by atoms with Crippen LogP contribution >= 0.6 is 0 Å². The fraction of sp³-hybridized carbons (Fsp3) is 0.435. The second-order valence-corrected chi connectivity index (χ2v) is 9.41. The van der Waals surface area contributed by atoms with Crippen LogP contribution in [0.15, 0.2) is 53.4 Å². The van der Waals surface area contributed by atoms with E-state index in [2.05, 4.69) is 5.32 Å². The van der Waals surface area contributed by atoms with Gasteiger partial charge in [-0.3, -0.25) is 4.79 Å². The van der Waals surface area contributed by atoms with E-state index in [4.69, 9.17) is 9.47 Å². The van der Waals surface area contributed by atoms with Gasteiger partial charge in [0.15, 0.2) is 0 Å². The molecule has 1 saturated heterocycles. The third-order valence-electron chi connectivity index (χ3n) is 5.47. The molecule has 168 valence electrons. The molecule has 8 heteroatoms. The first-order chi connectivity index (χ1) is 14.9. The van der Waals surface area contributed by atoms with Crippen molar-refractivity contribution in [2.24, 2.45) is 5.92 Å². The average molecular weight is 447 g/mol. The summed E-state index contributed by atoms with van der Waals surface area (Å²) in [7, 11) is -1.94. The molecule has 7 nitrogen and oxygen atoms in total. The van der Waals surface area contributed by atoms with Crippen LogP contribution in [-0.2, 0) is 21.2 Å². The topological polar surface area (TPSA) is 84.9 Å². The van der Waals surface area contributed by atoms with Gasteiger partial charge in [-0.15, -0.1) is 0 Å². The Morgan fingerprint density at radius 1 is 1.03 bits per heavy atom. The fourth-order valence-corrected chi connectivity index (χ4v) is 5.12. The summed E-state index contributed by atoms with van der Waals surface area (Å²) < 4.78 is 37.7. The number of ether oxygens (including phenoxy) is 2. The van der Waals surface area contributed by atoms with Gasteiger partial charge in [0.2, 0.25) is 15.9 Å². The highest BCUT2D eigenvalue weighted by atomic mass is 32.2. The van der Waals surface area contributed by atoms with Crippen LogP contribution in [0.3, 0.4) is 0 Å². The number of nitrogens with one attached hydrogen (secondary N) is 1. The van der Waals surface area contributed by atoms with Gasteiger partial charge in [0.25, 0.3) is 0 Å². The number of piperidine rings is 1. The van der Waals surface area contributed by atoms with Gasteiger partial charge in [-0.25, -0.2) is 8.42 Å². The van der Waals surface area contributed by atoms with Crippen LogP contribution in [0.4, 0.5) is 0 Å². The number of methoxy groups -OCH3 is 1. The molecule has 3 rings (SSSR count). The third-order valence-corrected chi connectivity index (χ3v) is 7.38. The van der Waals surface area contributed by atoms with E-state index in [-0.39, 0.29) is 16.7 Å². The van der Waals surface area contributed by atoms with Crippen molar-refractivity contribution in [1.82, 2.24) is 9.62 Å². The Hall–Kier alpha value is -2.58. The van der Waals surface area contributed by atoms with E-state index in [9.17, 15) is 13.2 Å². The molecule has 0 bridgehead atoms. The van der Waals surface area contributed by atoms with Crippen molar-refractivity contribution >= 4 is 15.9 Å². The monoisotopic (exact) mass is 446 g/mol. The van der Waals surface area contributed by atoms with Crippen LogP contribution in [0, 0.1) is 5.92 Å². The maximum Gasteiger partial charge on any atom is 0.243 e. The molecule has 1 aliphatic heterocycles. The molecule has 1 N–H and O–H groups in total. The minimum Gasteiger partial charge on any atom is -0.497 e. The number of carbonyl (C=O) groups excluding carboxylic acids is 1. The van der Waals surface area contributed by atoms with E-state index in [1.165, 1.54) is 4.31 Å². The lowest BCUT2D eigenvalue weighted by molar-refractivity contribution is -0.126. The molecule has 31 heavy (non-hydrogen) atoms. The lowest BCUT2D eigenvalue weighted by Gasteiger charge is -2.30. The standard InChI is InChI=1S/C23H30N2O5S/c1-3-30-21-8-10-22(11-9-21)31(27,28)25-16-13-19(14-17-25)23(26)24-15-12-18-4-6-20(29-2)7-5-18/h4-11,19H,3,12-17H2,1-2H3,(H,24,26). The minimum absolute atomic E-state index is 0.00775. The summed E-state index contributed by atoms with van der Waals surface area (Å²) in [5.41, 5.74) is 1.12. The van der Waals surface area contributed by atoms with Crippen molar-refractivity contribution in [1.29, 1.82) is 0 Å². The van der Waals surface area contributed by atoms with Gasteiger partial charge >= 0.3 is 0 Å². The summed E-state index contributed by atoms with van der Waals surface area (Å²) in [5, 5.41) is 2.98. The molecular weight excluding hydrogens is 416 g/mol. The van der Waals surface area contributed by atoms with E-state index in [1.54, 1.807) is 31.4 Å². The molecule has 1 aliphatic rings. The SMILES string of the molecule is CCOc1ccc(S(=O)(=O)N2CCC(C(=O)NCCc3ccc(OC)cc3)CC2)cc1. The summed E-state index contributed by atoms with van der Waals surface area (Å²) in [6, 6.07) is 14.2. The second kappa shape index (κ2) is 10.6. The molecule has 2 aromatic rings. The molecule has 0 aliphatic carbocycles. The van der Waals surface area contributed by atoms with E-state index in [0.29, 0.717) is 44.8 Å². The van der Waals surface area contributed by atoms with E-state index in [0.717, 1.165) is 17.7 Å². The van der Waals surface area contributed by atoms with Crippen molar-refractivity contribution in [2.45, 2.75) is 31.1 Å². The predicted molar refractivity (Wildman–Crippen MR) is 119 cm³/mol. The number of sulfonamides is 1. The van der Waals surface area contributed by atoms with Crippen LogP contribution in [0.2, 0.25) is 0 Å². The summed E-state index contributed by atoms with van der Waals surface area (Å²) in [6.45, 7) is 3.64. The highest BCUT2D eigenvalue weighted by molar-refractivity contribution is 7.89. The third kappa shape index (κ3) is 5.98. The maximum absolute atomic E-state index is 12.9. The molecule has 0 saturated carbocycles. The van der Waals surface area contributed by atoms with Crippen LogP contribution in [0.25, 0.3) is 0 Å². The lowest BCUT2D eigenvalue weighted by Crippen LogP contribution is -2.43. The number of hydrogen-bond donors (Lipinski definition) is 1. The Kier molecular flexibility index (Phi) is 7.92. The Labute approximate surface area is 184 Å².